The molecule has 0 unspecified atom stereocenters. The molecule has 2 heterocycles. The highest BCUT2D eigenvalue weighted by Gasteiger charge is 2.36. The van der Waals surface area contributed by atoms with Crippen LogP contribution in [-0.4, -0.2) is 34.9 Å². The Balaban J connectivity index is 1.84. The standard InChI is InChI=1S/C15H17ClFN3O2/c1-9-18-19-15(22-9)13-6-11(21-2)8-20(13)7-10-4-3-5-12(16)14(10)17/h3-5,11,13H,6-8H2,1-2H3/t11-,13+/m0/s1. The second kappa shape index (κ2) is 6.32. The van der Waals surface area contributed by atoms with Crippen molar-refractivity contribution < 1.29 is 13.5 Å². The van der Waals surface area contributed by atoms with Gasteiger partial charge in [-0.05, 0) is 12.5 Å². The zero-order chi connectivity index (χ0) is 15.7. The van der Waals surface area contributed by atoms with Crippen LogP contribution in [0.5, 0.6) is 0 Å². The van der Waals surface area contributed by atoms with Crippen molar-refractivity contribution in [3.8, 4) is 0 Å². The van der Waals surface area contributed by atoms with E-state index in [2.05, 4.69) is 15.1 Å². The van der Waals surface area contributed by atoms with Crippen molar-refractivity contribution >= 4 is 11.6 Å². The van der Waals surface area contributed by atoms with Gasteiger partial charge in [0.25, 0.3) is 0 Å². The van der Waals surface area contributed by atoms with Crippen LogP contribution < -0.4 is 0 Å². The number of halogens is 2. The van der Waals surface area contributed by atoms with Crippen molar-refractivity contribution in [2.24, 2.45) is 0 Å². The number of likely N-dealkylation sites (tertiary alicyclic amines) is 1. The van der Waals surface area contributed by atoms with E-state index in [4.69, 9.17) is 20.8 Å². The molecule has 0 saturated carbocycles. The SMILES string of the molecule is CO[C@H]1C[C@H](c2nnc(C)o2)N(Cc2cccc(Cl)c2F)C1. The number of ether oxygens (including phenoxy) is 1. The normalized spacial score (nSPS) is 22.4. The van der Waals surface area contributed by atoms with Crippen molar-refractivity contribution in [2.75, 3.05) is 13.7 Å². The number of aryl methyl sites for hydroxylation is 1. The third-order valence-corrected chi connectivity index (χ3v) is 4.22. The molecule has 0 spiro atoms. The van der Waals surface area contributed by atoms with Crippen LogP contribution in [0.3, 0.4) is 0 Å². The maximum Gasteiger partial charge on any atom is 0.233 e. The van der Waals surface area contributed by atoms with Crippen molar-refractivity contribution in [1.82, 2.24) is 15.1 Å². The van der Waals surface area contributed by atoms with Gasteiger partial charge in [-0.15, -0.1) is 10.2 Å². The summed E-state index contributed by atoms with van der Waals surface area (Å²) in [7, 11) is 1.67. The Morgan fingerprint density at radius 2 is 2.27 bits per heavy atom. The second-order valence-electron chi connectivity index (χ2n) is 5.41. The van der Waals surface area contributed by atoms with Gasteiger partial charge in [0.1, 0.15) is 5.82 Å². The lowest BCUT2D eigenvalue weighted by molar-refractivity contribution is 0.107. The van der Waals surface area contributed by atoms with Gasteiger partial charge in [-0.25, -0.2) is 4.39 Å². The van der Waals surface area contributed by atoms with Crippen LogP contribution in [0.2, 0.25) is 5.02 Å². The Kier molecular flexibility index (Phi) is 4.42. The van der Waals surface area contributed by atoms with Gasteiger partial charge < -0.3 is 9.15 Å². The predicted molar refractivity (Wildman–Crippen MR) is 79.0 cm³/mol. The Labute approximate surface area is 133 Å². The summed E-state index contributed by atoms with van der Waals surface area (Å²) in [5.74, 6) is 0.676. The summed E-state index contributed by atoms with van der Waals surface area (Å²) in [6.45, 7) is 2.84. The van der Waals surface area contributed by atoms with Gasteiger partial charge in [0, 0.05) is 32.7 Å². The smallest absolute Gasteiger partial charge is 0.233 e. The summed E-state index contributed by atoms with van der Waals surface area (Å²) < 4.78 is 25.1. The molecule has 2 aromatic rings. The predicted octanol–water partition coefficient (Wildman–Crippen LogP) is 3.13. The zero-order valence-corrected chi connectivity index (χ0v) is 13.2. The maximum atomic E-state index is 14.1. The lowest BCUT2D eigenvalue weighted by Crippen LogP contribution is -2.25. The highest BCUT2D eigenvalue weighted by molar-refractivity contribution is 6.30. The van der Waals surface area contributed by atoms with E-state index in [0.29, 0.717) is 30.4 Å². The molecule has 2 atom stereocenters. The van der Waals surface area contributed by atoms with Gasteiger partial charge in [0.05, 0.1) is 17.2 Å². The summed E-state index contributed by atoms with van der Waals surface area (Å²) in [6.07, 6.45) is 0.791. The van der Waals surface area contributed by atoms with E-state index >= 15 is 0 Å². The summed E-state index contributed by atoms with van der Waals surface area (Å²) in [6, 6.07) is 4.94. The molecule has 1 fully saturated rings. The molecule has 0 radical (unpaired) electrons. The number of aromatic nitrogens is 2. The molecule has 0 amide bonds. The average Bonchev–Trinajstić information content (AvgIpc) is 3.10. The van der Waals surface area contributed by atoms with Gasteiger partial charge in [-0.1, -0.05) is 23.7 Å². The van der Waals surface area contributed by atoms with Crippen LogP contribution in [0.1, 0.15) is 29.8 Å². The zero-order valence-electron chi connectivity index (χ0n) is 12.4. The third-order valence-electron chi connectivity index (χ3n) is 3.93. The fraction of sp³-hybridized carbons (Fsp3) is 0.467. The molecule has 1 aliphatic rings. The first-order chi connectivity index (χ1) is 10.6. The number of rotatable bonds is 4. The summed E-state index contributed by atoms with van der Waals surface area (Å²) >= 11 is 5.85. The summed E-state index contributed by atoms with van der Waals surface area (Å²) in [4.78, 5) is 2.08. The van der Waals surface area contributed by atoms with E-state index in [9.17, 15) is 4.39 Å². The Bertz CT molecular complexity index is 664. The molecule has 1 aliphatic heterocycles. The van der Waals surface area contributed by atoms with E-state index in [1.54, 1.807) is 32.2 Å². The fourth-order valence-electron chi connectivity index (χ4n) is 2.80. The van der Waals surface area contributed by atoms with Gasteiger partial charge in [-0.3, -0.25) is 4.90 Å². The first-order valence-corrected chi connectivity index (χ1v) is 7.46. The van der Waals surface area contributed by atoms with Crippen LogP contribution in [0.25, 0.3) is 0 Å². The van der Waals surface area contributed by atoms with Crippen molar-refractivity contribution in [1.29, 1.82) is 0 Å². The molecule has 1 aromatic carbocycles. The summed E-state index contributed by atoms with van der Waals surface area (Å²) in [5, 5.41) is 8.10. The highest BCUT2D eigenvalue weighted by Crippen LogP contribution is 2.34. The van der Waals surface area contributed by atoms with E-state index in [1.165, 1.54) is 0 Å². The molecule has 5 nitrogen and oxygen atoms in total. The second-order valence-corrected chi connectivity index (χ2v) is 5.82. The van der Waals surface area contributed by atoms with Crippen LogP contribution in [-0.2, 0) is 11.3 Å². The molecule has 3 rings (SSSR count). The minimum Gasteiger partial charge on any atom is -0.424 e. The number of benzene rings is 1. The lowest BCUT2D eigenvalue weighted by atomic mass is 10.1. The van der Waals surface area contributed by atoms with Crippen molar-refractivity contribution in [2.45, 2.75) is 32.0 Å². The van der Waals surface area contributed by atoms with Gasteiger partial charge in [0.15, 0.2) is 0 Å². The Hall–Kier alpha value is -1.50. The van der Waals surface area contributed by atoms with Crippen LogP contribution >= 0.6 is 11.6 Å². The molecule has 0 bridgehead atoms. The van der Waals surface area contributed by atoms with Crippen molar-refractivity contribution in [3.05, 3.63) is 46.4 Å². The van der Waals surface area contributed by atoms with E-state index in [0.717, 1.165) is 6.42 Å². The number of hydrogen-bond acceptors (Lipinski definition) is 5. The fourth-order valence-corrected chi connectivity index (χ4v) is 2.99. The third kappa shape index (κ3) is 2.99. The molecule has 1 saturated heterocycles. The van der Waals surface area contributed by atoms with Gasteiger partial charge in [-0.2, -0.15) is 0 Å². The first-order valence-electron chi connectivity index (χ1n) is 7.08. The van der Waals surface area contributed by atoms with E-state index in [-0.39, 0.29) is 23.0 Å². The van der Waals surface area contributed by atoms with Gasteiger partial charge >= 0.3 is 0 Å². The average molecular weight is 326 g/mol. The molecule has 118 valence electrons. The number of methoxy groups -OCH3 is 1. The van der Waals surface area contributed by atoms with E-state index < -0.39 is 0 Å². The van der Waals surface area contributed by atoms with Crippen LogP contribution in [0, 0.1) is 12.7 Å². The minimum absolute atomic E-state index is 0.0550. The molecule has 7 heteroatoms. The molecule has 22 heavy (non-hydrogen) atoms. The van der Waals surface area contributed by atoms with E-state index in [1.807, 2.05) is 0 Å². The topological polar surface area (TPSA) is 51.4 Å². The quantitative estimate of drug-likeness (QED) is 0.864. The highest BCUT2D eigenvalue weighted by atomic mass is 35.5. The first kappa shape index (κ1) is 15.4. The Morgan fingerprint density at radius 1 is 1.45 bits per heavy atom. The molecular formula is C15H17ClFN3O2. The van der Waals surface area contributed by atoms with Crippen LogP contribution in [0.15, 0.2) is 22.6 Å². The summed E-state index contributed by atoms with van der Waals surface area (Å²) in [5.41, 5.74) is 0.547. The number of hydrogen-bond donors (Lipinski definition) is 0. The Morgan fingerprint density at radius 3 is 2.95 bits per heavy atom. The van der Waals surface area contributed by atoms with Crippen LogP contribution in [0.4, 0.5) is 4.39 Å². The van der Waals surface area contributed by atoms with Gasteiger partial charge in [0.2, 0.25) is 11.8 Å². The molecule has 0 aliphatic carbocycles. The largest absolute Gasteiger partial charge is 0.424 e. The number of nitrogens with zero attached hydrogens (tertiary/aromatic N) is 3. The lowest BCUT2D eigenvalue weighted by Gasteiger charge is -2.21. The molecule has 0 N–H and O–H groups in total. The minimum atomic E-state index is -0.384. The molecular weight excluding hydrogens is 309 g/mol. The van der Waals surface area contributed by atoms with Crippen molar-refractivity contribution in [3.63, 3.8) is 0 Å². The monoisotopic (exact) mass is 325 g/mol. The maximum absolute atomic E-state index is 14.1. The molecule has 1 aromatic heterocycles.